The quantitative estimate of drug-likeness (QED) is 0.505. The Labute approximate surface area is 176 Å². The van der Waals surface area contributed by atoms with Gasteiger partial charge in [0.05, 0.1) is 10.6 Å². The lowest BCUT2D eigenvalue weighted by Gasteiger charge is -2.16. The molecule has 0 spiro atoms. The number of hydrogen-bond acceptors (Lipinski definition) is 6. The molecule has 0 bridgehead atoms. The molecule has 0 radical (unpaired) electrons. The molecule has 0 atom stereocenters. The number of rotatable bonds is 7. The van der Waals surface area contributed by atoms with Crippen LogP contribution in [0.15, 0.2) is 58.8 Å². The van der Waals surface area contributed by atoms with E-state index in [1.54, 1.807) is 17.5 Å². The van der Waals surface area contributed by atoms with Gasteiger partial charge in [0.25, 0.3) is 0 Å². The van der Waals surface area contributed by atoms with Crippen LogP contribution in [0.25, 0.3) is 10.6 Å². The Bertz CT molecular complexity index is 1100. The maximum Gasteiger partial charge on any atom is 0.321 e. The predicted molar refractivity (Wildman–Crippen MR) is 109 cm³/mol. The van der Waals surface area contributed by atoms with E-state index in [4.69, 9.17) is 16.3 Å². The van der Waals surface area contributed by atoms with E-state index < -0.39 is 22.5 Å². The average molecular weight is 455 g/mol. The van der Waals surface area contributed by atoms with Gasteiger partial charge in [-0.1, -0.05) is 11.6 Å². The van der Waals surface area contributed by atoms with E-state index in [1.807, 2.05) is 0 Å². The van der Waals surface area contributed by atoms with Gasteiger partial charge in [-0.3, -0.25) is 4.79 Å². The third-order valence-corrected chi connectivity index (χ3v) is 6.91. The SMILES string of the molecule is CN(CC(=O)OCc1csc(-c2ccc(F)cc2)n1)S(=O)(=O)c1ccc(Cl)cc1. The number of thiazole rings is 1. The predicted octanol–water partition coefficient (Wildman–Crippen LogP) is 3.97. The van der Waals surface area contributed by atoms with Crippen molar-refractivity contribution in [1.82, 2.24) is 9.29 Å². The number of benzene rings is 2. The third-order valence-electron chi connectivity index (χ3n) is 3.90. The molecule has 0 saturated carbocycles. The highest BCUT2D eigenvalue weighted by molar-refractivity contribution is 7.89. The first-order chi connectivity index (χ1) is 13.8. The van der Waals surface area contributed by atoms with Crippen LogP contribution < -0.4 is 0 Å². The molecule has 0 aliphatic carbocycles. The Kier molecular flexibility index (Phi) is 6.63. The summed E-state index contributed by atoms with van der Waals surface area (Å²) in [6.07, 6.45) is 0. The number of aromatic nitrogens is 1. The number of carbonyl (C=O) groups excluding carboxylic acids is 1. The van der Waals surface area contributed by atoms with Gasteiger partial charge in [-0.25, -0.2) is 17.8 Å². The lowest BCUT2D eigenvalue weighted by molar-refractivity contribution is -0.145. The second-order valence-electron chi connectivity index (χ2n) is 6.03. The van der Waals surface area contributed by atoms with E-state index in [-0.39, 0.29) is 17.3 Å². The van der Waals surface area contributed by atoms with Gasteiger partial charge in [0.2, 0.25) is 10.0 Å². The number of nitrogens with zero attached hydrogens (tertiary/aromatic N) is 2. The van der Waals surface area contributed by atoms with Gasteiger partial charge >= 0.3 is 5.97 Å². The van der Waals surface area contributed by atoms with Gasteiger partial charge < -0.3 is 4.74 Å². The Balaban J connectivity index is 1.57. The van der Waals surface area contributed by atoms with Crippen LogP contribution in [-0.2, 0) is 26.2 Å². The zero-order valence-corrected chi connectivity index (χ0v) is 17.6. The van der Waals surface area contributed by atoms with Crippen LogP contribution in [0.2, 0.25) is 5.02 Å². The second kappa shape index (κ2) is 9.00. The second-order valence-corrected chi connectivity index (χ2v) is 9.37. The van der Waals surface area contributed by atoms with E-state index in [0.717, 1.165) is 9.87 Å². The van der Waals surface area contributed by atoms with Crippen LogP contribution in [-0.4, -0.2) is 37.3 Å². The molecule has 1 aromatic heterocycles. The minimum atomic E-state index is -3.84. The molecule has 2 aromatic carbocycles. The first-order valence-corrected chi connectivity index (χ1v) is 11.0. The summed E-state index contributed by atoms with van der Waals surface area (Å²) >= 11 is 7.10. The van der Waals surface area contributed by atoms with Crippen molar-refractivity contribution in [2.45, 2.75) is 11.5 Å². The Hall–Kier alpha value is -2.33. The number of ether oxygens (including phenoxy) is 1. The summed E-state index contributed by atoms with van der Waals surface area (Å²) < 4.78 is 44.0. The van der Waals surface area contributed by atoms with Gasteiger partial charge in [-0.2, -0.15) is 4.31 Å². The van der Waals surface area contributed by atoms with E-state index >= 15 is 0 Å². The fraction of sp³-hybridized carbons (Fsp3) is 0.158. The highest BCUT2D eigenvalue weighted by Crippen LogP contribution is 2.24. The number of esters is 1. The number of hydrogen-bond donors (Lipinski definition) is 0. The fourth-order valence-corrected chi connectivity index (χ4v) is 4.40. The Morgan fingerprint density at radius 1 is 1.17 bits per heavy atom. The summed E-state index contributed by atoms with van der Waals surface area (Å²) in [7, 11) is -2.55. The molecule has 1 heterocycles. The first kappa shape index (κ1) is 21.4. The molecule has 29 heavy (non-hydrogen) atoms. The summed E-state index contributed by atoms with van der Waals surface area (Å²) in [5.41, 5.74) is 1.27. The number of carbonyl (C=O) groups is 1. The zero-order chi connectivity index (χ0) is 21.0. The zero-order valence-electron chi connectivity index (χ0n) is 15.2. The van der Waals surface area contributed by atoms with Crippen LogP contribution in [0.5, 0.6) is 0 Å². The third kappa shape index (κ3) is 5.39. The smallest absolute Gasteiger partial charge is 0.321 e. The molecule has 0 fully saturated rings. The summed E-state index contributed by atoms with van der Waals surface area (Å²) in [4.78, 5) is 16.4. The minimum absolute atomic E-state index is 0.0284. The van der Waals surface area contributed by atoms with Gasteiger partial charge in [0.15, 0.2) is 0 Å². The highest BCUT2D eigenvalue weighted by Gasteiger charge is 2.23. The maximum atomic E-state index is 13.0. The standard InChI is InChI=1S/C19H16ClFN2O4S2/c1-23(29(25,26)17-8-4-14(20)5-9-17)10-18(24)27-11-16-12-28-19(22-16)13-2-6-15(21)7-3-13/h2-9,12H,10-11H2,1H3. The largest absolute Gasteiger partial charge is 0.458 e. The van der Waals surface area contributed by atoms with Crippen molar-refractivity contribution >= 4 is 38.9 Å². The Morgan fingerprint density at radius 3 is 2.48 bits per heavy atom. The molecule has 0 aliphatic heterocycles. The van der Waals surface area contributed by atoms with E-state index in [2.05, 4.69) is 4.98 Å². The molecule has 0 amide bonds. The topological polar surface area (TPSA) is 76.6 Å². The molecule has 0 N–H and O–H groups in total. The molecule has 0 saturated heterocycles. The Morgan fingerprint density at radius 2 is 1.83 bits per heavy atom. The molecule has 0 unspecified atom stereocenters. The van der Waals surface area contributed by atoms with Crippen molar-refractivity contribution in [1.29, 1.82) is 0 Å². The first-order valence-electron chi connectivity index (χ1n) is 8.33. The molecule has 3 rings (SSSR count). The van der Waals surface area contributed by atoms with E-state index in [1.165, 1.54) is 54.8 Å². The fourth-order valence-electron chi connectivity index (χ4n) is 2.35. The molecule has 0 aliphatic rings. The summed E-state index contributed by atoms with van der Waals surface area (Å²) in [6.45, 7) is -0.536. The average Bonchev–Trinajstić information content (AvgIpc) is 3.16. The molecular formula is C19H16ClFN2O4S2. The summed E-state index contributed by atoms with van der Waals surface area (Å²) in [5.74, 6) is -1.04. The number of likely N-dealkylation sites (N-methyl/N-ethyl adjacent to an activating group) is 1. The van der Waals surface area contributed by atoms with Crippen LogP contribution in [0.3, 0.4) is 0 Å². The maximum absolute atomic E-state index is 13.0. The molecule has 152 valence electrons. The summed E-state index contributed by atoms with van der Waals surface area (Å²) in [6, 6.07) is 11.6. The summed E-state index contributed by atoms with van der Waals surface area (Å²) in [5, 5.41) is 2.80. The molecule has 10 heteroatoms. The molecule has 6 nitrogen and oxygen atoms in total. The van der Waals surface area contributed by atoms with Crippen LogP contribution in [0, 0.1) is 5.82 Å². The van der Waals surface area contributed by atoms with E-state index in [9.17, 15) is 17.6 Å². The van der Waals surface area contributed by atoms with Crippen molar-refractivity contribution in [3.8, 4) is 10.6 Å². The minimum Gasteiger partial charge on any atom is -0.458 e. The van der Waals surface area contributed by atoms with Crippen molar-refractivity contribution in [2.75, 3.05) is 13.6 Å². The van der Waals surface area contributed by atoms with E-state index in [0.29, 0.717) is 15.7 Å². The highest BCUT2D eigenvalue weighted by atomic mass is 35.5. The van der Waals surface area contributed by atoms with Crippen LogP contribution >= 0.6 is 22.9 Å². The molecular weight excluding hydrogens is 439 g/mol. The van der Waals surface area contributed by atoms with Crippen molar-refractivity contribution < 1.29 is 22.3 Å². The van der Waals surface area contributed by atoms with Gasteiger partial charge in [-0.05, 0) is 48.5 Å². The number of sulfonamides is 1. The molecule has 3 aromatic rings. The van der Waals surface area contributed by atoms with Crippen molar-refractivity contribution in [3.05, 3.63) is 70.4 Å². The van der Waals surface area contributed by atoms with Crippen LogP contribution in [0.4, 0.5) is 4.39 Å². The van der Waals surface area contributed by atoms with Gasteiger partial charge in [-0.15, -0.1) is 11.3 Å². The van der Waals surface area contributed by atoms with Crippen molar-refractivity contribution in [3.63, 3.8) is 0 Å². The van der Waals surface area contributed by atoms with Crippen molar-refractivity contribution in [2.24, 2.45) is 0 Å². The number of halogens is 2. The lowest BCUT2D eigenvalue weighted by Crippen LogP contribution is -2.33. The lowest BCUT2D eigenvalue weighted by atomic mass is 10.2. The monoisotopic (exact) mass is 454 g/mol. The van der Waals surface area contributed by atoms with Gasteiger partial charge in [0.1, 0.15) is 24.0 Å². The normalized spacial score (nSPS) is 11.6. The van der Waals surface area contributed by atoms with Gasteiger partial charge in [0, 0.05) is 23.0 Å². The van der Waals surface area contributed by atoms with Crippen LogP contribution in [0.1, 0.15) is 5.69 Å².